The first-order chi connectivity index (χ1) is 8.88. The van der Waals surface area contributed by atoms with E-state index in [1.54, 1.807) is 0 Å². The zero-order valence-electron chi connectivity index (χ0n) is 12.9. The van der Waals surface area contributed by atoms with E-state index in [0.29, 0.717) is 0 Å². The van der Waals surface area contributed by atoms with Crippen LogP contribution < -0.4 is 0 Å². The maximum Gasteiger partial charge on any atom is 0.00952 e. The predicted octanol–water partition coefficient (Wildman–Crippen LogP) is 5.39. The summed E-state index contributed by atoms with van der Waals surface area (Å²) < 4.78 is 0. The van der Waals surface area contributed by atoms with Crippen LogP contribution in [0.3, 0.4) is 0 Å². The second-order valence-electron chi connectivity index (χ2n) is 6.10. The number of unbranched alkanes of at least 4 members (excludes halogenated alkanes) is 3. The van der Waals surface area contributed by atoms with Gasteiger partial charge in [0.1, 0.15) is 0 Å². The van der Waals surface area contributed by atoms with Gasteiger partial charge in [-0.2, -0.15) is 0 Å². The lowest BCUT2D eigenvalue weighted by Crippen LogP contribution is -2.37. The molecule has 0 unspecified atom stereocenters. The molecule has 1 aliphatic carbocycles. The van der Waals surface area contributed by atoms with Gasteiger partial charge in [-0.25, -0.2) is 0 Å². The van der Waals surface area contributed by atoms with Gasteiger partial charge in [-0.1, -0.05) is 65.2 Å². The Labute approximate surface area is 115 Å². The minimum Gasteiger partial charge on any atom is -0.300 e. The molecule has 18 heavy (non-hydrogen) atoms. The van der Waals surface area contributed by atoms with E-state index < -0.39 is 0 Å². The summed E-state index contributed by atoms with van der Waals surface area (Å²) in [6.45, 7) is 7.35. The van der Waals surface area contributed by atoms with Gasteiger partial charge < -0.3 is 4.90 Å². The smallest absolute Gasteiger partial charge is 0.00952 e. The standard InChI is InChI=1S/C17H35N/c1-3-5-12-16-18(15-6-4-2)17-13-10-8-7-9-11-14-17/h17H,3-16H2,1-2H3. The summed E-state index contributed by atoms with van der Waals surface area (Å²) in [6, 6.07) is 0.911. The van der Waals surface area contributed by atoms with Crippen molar-refractivity contribution in [1.82, 2.24) is 4.90 Å². The molecule has 0 N–H and O–H groups in total. The highest BCUT2D eigenvalue weighted by molar-refractivity contribution is 4.74. The maximum absolute atomic E-state index is 2.84. The Bertz CT molecular complexity index is 170. The third kappa shape index (κ3) is 6.78. The van der Waals surface area contributed by atoms with Crippen molar-refractivity contribution in [3.8, 4) is 0 Å². The van der Waals surface area contributed by atoms with Crippen molar-refractivity contribution in [2.75, 3.05) is 13.1 Å². The topological polar surface area (TPSA) is 3.24 Å². The van der Waals surface area contributed by atoms with Gasteiger partial charge in [0, 0.05) is 6.04 Å². The summed E-state index contributed by atoms with van der Waals surface area (Å²) in [7, 11) is 0. The van der Waals surface area contributed by atoms with Crippen molar-refractivity contribution in [3.05, 3.63) is 0 Å². The predicted molar refractivity (Wildman–Crippen MR) is 82.1 cm³/mol. The second-order valence-corrected chi connectivity index (χ2v) is 6.10. The van der Waals surface area contributed by atoms with Crippen LogP contribution in [0, 0.1) is 0 Å². The van der Waals surface area contributed by atoms with E-state index in [2.05, 4.69) is 18.7 Å². The zero-order chi connectivity index (χ0) is 13.1. The molecule has 0 aromatic heterocycles. The molecule has 1 saturated carbocycles. The molecule has 1 aliphatic rings. The highest BCUT2D eigenvalue weighted by Crippen LogP contribution is 2.22. The molecule has 0 atom stereocenters. The first-order valence-electron chi connectivity index (χ1n) is 8.62. The highest BCUT2D eigenvalue weighted by atomic mass is 15.1. The lowest BCUT2D eigenvalue weighted by atomic mass is 9.95. The largest absolute Gasteiger partial charge is 0.300 e. The average Bonchev–Trinajstić information content (AvgIpc) is 2.34. The first kappa shape index (κ1) is 16.0. The van der Waals surface area contributed by atoms with Crippen molar-refractivity contribution in [2.45, 2.75) is 96.9 Å². The summed E-state index contributed by atoms with van der Waals surface area (Å²) in [5, 5.41) is 0. The minimum atomic E-state index is 0.911. The average molecular weight is 253 g/mol. The van der Waals surface area contributed by atoms with Crippen LogP contribution in [0.1, 0.15) is 90.9 Å². The van der Waals surface area contributed by atoms with Crippen LogP contribution in [0.25, 0.3) is 0 Å². The van der Waals surface area contributed by atoms with Gasteiger partial charge in [0.2, 0.25) is 0 Å². The van der Waals surface area contributed by atoms with E-state index in [9.17, 15) is 0 Å². The molecule has 0 amide bonds. The van der Waals surface area contributed by atoms with E-state index >= 15 is 0 Å². The zero-order valence-corrected chi connectivity index (χ0v) is 12.9. The molecule has 0 aliphatic heterocycles. The van der Waals surface area contributed by atoms with Gasteiger partial charge in [-0.3, -0.25) is 0 Å². The molecule has 1 nitrogen and oxygen atoms in total. The molecule has 0 radical (unpaired) electrons. The minimum absolute atomic E-state index is 0.911. The van der Waals surface area contributed by atoms with Gasteiger partial charge in [-0.05, 0) is 38.8 Å². The Morgan fingerprint density at radius 3 is 1.89 bits per heavy atom. The number of nitrogens with zero attached hydrogens (tertiary/aromatic N) is 1. The van der Waals surface area contributed by atoms with Crippen LogP contribution in [-0.2, 0) is 0 Å². The van der Waals surface area contributed by atoms with Crippen LogP contribution in [0.15, 0.2) is 0 Å². The molecule has 0 aromatic carbocycles. The van der Waals surface area contributed by atoms with E-state index in [0.717, 1.165) is 6.04 Å². The van der Waals surface area contributed by atoms with Gasteiger partial charge in [0.25, 0.3) is 0 Å². The van der Waals surface area contributed by atoms with Crippen molar-refractivity contribution in [3.63, 3.8) is 0 Å². The van der Waals surface area contributed by atoms with Gasteiger partial charge in [0.05, 0.1) is 0 Å². The fourth-order valence-electron chi connectivity index (χ4n) is 3.20. The number of hydrogen-bond donors (Lipinski definition) is 0. The Morgan fingerprint density at radius 2 is 1.28 bits per heavy atom. The molecule has 0 spiro atoms. The maximum atomic E-state index is 2.84. The normalized spacial score (nSPS) is 18.8. The van der Waals surface area contributed by atoms with E-state index in [1.165, 1.54) is 90.1 Å². The summed E-state index contributed by atoms with van der Waals surface area (Å²) in [4.78, 5) is 2.84. The molecule has 1 rings (SSSR count). The molecule has 0 bridgehead atoms. The monoisotopic (exact) mass is 253 g/mol. The van der Waals surface area contributed by atoms with Crippen LogP contribution in [0.5, 0.6) is 0 Å². The van der Waals surface area contributed by atoms with Crippen LogP contribution in [0.4, 0.5) is 0 Å². The fraction of sp³-hybridized carbons (Fsp3) is 1.00. The van der Waals surface area contributed by atoms with Crippen molar-refractivity contribution < 1.29 is 0 Å². The number of rotatable bonds is 8. The quantitative estimate of drug-likeness (QED) is 0.524. The van der Waals surface area contributed by atoms with E-state index in [4.69, 9.17) is 0 Å². The summed E-state index contributed by atoms with van der Waals surface area (Å²) in [5.41, 5.74) is 0. The molecular weight excluding hydrogens is 218 g/mol. The summed E-state index contributed by atoms with van der Waals surface area (Å²) in [5.74, 6) is 0. The van der Waals surface area contributed by atoms with Crippen molar-refractivity contribution in [2.24, 2.45) is 0 Å². The molecule has 0 aromatic rings. The molecule has 0 saturated heterocycles. The fourth-order valence-corrected chi connectivity index (χ4v) is 3.20. The molecule has 108 valence electrons. The van der Waals surface area contributed by atoms with Crippen LogP contribution in [-0.4, -0.2) is 24.0 Å². The van der Waals surface area contributed by atoms with E-state index in [1.807, 2.05) is 0 Å². The number of hydrogen-bond acceptors (Lipinski definition) is 1. The first-order valence-corrected chi connectivity index (χ1v) is 8.62. The summed E-state index contributed by atoms with van der Waals surface area (Å²) >= 11 is 0. The van der Waals surface area contributed by atoms with Crippen LogP contribution in [0.2, 0.25) is 0 Å². The van der Waals surface area contributed by atoms with Gasteiger partial charge in [0.15, 0.2) is 0 Å². The van der Waals surface area contributed by atoms with E-state index in [-0.39, 0.29) is 0 Å². The molecular formula is C17H35N. The lowest BCUT2D eigenvalue weighted by Gasteiger charge is -2.33. The third-order valence-corrected chi connectivity index (χ3v) is 4.44. The van der Waals surface area contributed by atoms with Gasteiger partial charge >= 0.3 is 0 Å². The highest BCUT2D eigenvalue weighted by Gasteiger charge is 2.18. The summed E-state index contributed by atoms with van der Waals surface area (Å²) in [6.07, 6.45) is 17.2. The van der Waals surface area contributed by atoms with Crippen molar-refractivity contribution >= 4 is 0 Å². The Morgan fingerprint density at radius 1 is 0.722 bits per heavy atom. The Balaban J connectivity index is 2.38. The SMILES string of the molecule is CCCCCN(CCCC)C1CCCCCCC1. The molecule has 0 heterocycles. The van der Waals surface area contributed by atoms with Crippen LogP contribution >= 0.6 is 0 Å². The third-order valence-electron chi connectivity index (χ3n) is 4.44. The Kier molecular flexibility index (Phi) is 9.65. The second kappa shape index (κ2) is 10.8. The van der Waals surface area contributed by atoms with Gasteiger partial charge in [-0.15, -0.1) is 0 Å². The lowest BCUT2D eigenvalue weighted by molar-refractivity contribution is 0.160. The molecule has 1 fully saturated rings. The Hall–Kier alpha value is -0.0400. The molecule has 1 heteroatoms. The van der Waals surface area contributed by atoms with Crippen molar-refractivity contribution in [1.29, 1.82) is 0 Å².